The van der Waals surface area contributed by atoms with Crippen molar-refractivity contribution in [3.8, 4) is 0 Å². The summed E-state index contributed by atoms with van der Waals surface area (Å²) in [7, 11) is 0. The third-order valence-electron chi connectivity index (χ3n) is 3.63. The highest BCUT2D eigenvalue weighted by Crippen LogP contribution is 2.15. The standard InChI is InChI=1S/C18H21N3O5/c1-3-21(4-2)14-9-7-13(8-10-14)18(24)26-12-16(22)19-20-17(23)15-6-5-11-25-15/h5-11H,3-4,12H2,1-2H3,(H,19,22)(H,20,23). The number of nitrogens with zero attached hydrogens (tertiary/aromatic N) is 1. The van der Waals surface area contributed by atoms with E-state index in [0.29, 0.717) is 5.56 Å². The van der Waals surface area contributed by atoms with Gasteiger partial charge in [0.05, 0.1) is 11.8 Å². The van der Waals surface area contributed by atoms with E-state index in [2.05, 4.69) is 29.6 Å². The van der Waals surface area contributed by atoms with Gasteiger partial charge in [0.2, 0.25) is 0 Å². The normalized spacial score (nSPS) is 10.1. The number of carbonyl (C=O) groups is 3. The van der Waals surface area contributed by atoms with Crippen molar-refractivity contribution >= 4 is 23.5 Å². The molecule has 0 aliphatic carbocycles. The van der Waals surface area contributed by atoms with Crippen molar-refractivity contribution in [1.29, 1.82) is 0 Å². The fourth-order valence-electron chi connectivity index (χ4n) is 2.24. The summed E-state index contributed by atoms with van der Waals surface area (Å²) >= 11 is 0. The lowest BCUT2D eigenvalue weighted by Gasteiger charge is -2.20. The summed E-state index contributed by atoms with van der Waals surface area (Å²) in [4.78, 5) is 37.3. The molecule has 1 aromatic heterocycles. The van der Waals surface area contributed by atoms with E-state index in [0.717, 1.165) is 18.8 Å². The molecule has 0 unspecified atom stereocenters. The molecule has 2 N–H and O–H groups in total. The molecule has 0 atom stereocenters. The van der Waals surface area contributed by atoms with E-state index in [-0.39, 0.29) is 5.76 Å². The van der Waals surface area contributed by atoms with E-state index in [1.54, 1.807) is 18.2 Å². The Morgan fingerprint density at radius 1 is 1.04 bits per heavy atom. The summed E-state index contributed by atoms with van der Waals surface area (Å²) in [5.74, 6) is -1.85. The largest absolute Gasteiger partial charge is 0.459 e. The Hall–Kier alpha value is -3.29. The number of anilines is 1. The van der Waals surface area contributed by atoms with E-state index in [1.807, 2.05) is 12.1 Å². The molecule has 2 rings (SSSR count). The fraction of sp³-hybridized carbons (Fsp3) is 0.278. The Morgan fingerprint density at radius 2 is 1.73 bits per heavy atom. The van der Waals surface area contributed by atoms with Crippen molar-refractivity contribution in [2.75, 3.05) is 24.6 Å². The Balaban J connectivity index is 1.78. The van der Waals surface area contributed by atoms with E-state index in [4.69, 9.17) is 9.15 Å². The summed E-state index contributed by atoms with van der Waals surface area (Å²) in [5, 5.41) is 0. The van der Waals surface area contributed by atoms with Crippen LogP contribution in [0.3, 0.4) is 0 Å². The maximum atomic E-state index is 12.0. The van der Waals surface area contributed by atoms with Crippen LogP contribution in [-0.2, 0) is 9.53 Å². The van der Waals surface area contributed by atoms with Gasteiger partial charge in [-0.25, -0.2) is 4.79 Å². The van der Waals surface area contributed by atoms with Crippen LogP contribution in [0.15, 0.2) is 47.1 Å². The maximum Gasteiger partial charge on any atom is 0.338 e. The smallest absolute Gasteiger partial charge is 0.338 e. The van der Waals surface area contributed by atoms with Crippen LogP contribution in [-0.4, -0.2) is 37.5 Å². The molecule has 26 heavy (non-hydrogen) atoms. The molecule has 0 aliphatic heterocycles. The van der Waals surface area contributed by atoms with Crippen LogP contribution in [0.2, 0.25) is 0 Å². The zero-order valence-electron chi connectivity index (χ0n) is 14.7. The molecule has 0 spiro atoms. The van der Waals surface area contributed by atoms with Crippen LogP contribution >= 0.6 is 0 Å². The number of hydrazine groups is 1. The van der Waals surface area contributed by atoms with Crippen LogP contribution in [0.1, 0.15) is 34.8 Å². The van der Waals surface area contributed by atoms with Crippen molar-refractivity contribution < 1.29 is 23.5 Å². The van der Waals surface area contributed by atoms with Crippen LogP contribution in [0.4, 0.5) is 5.69 Å². The zero-order valence-corrected chi connectivity index (χ0v) is 14.7. The Labute approximate surface area is 151 Å². The van der Waals surface area contributed by atoms with Gasteiger partial charge in [0.25, 0.3) is 5.91 Å². The van der Waals surface area contributed by atoms with Crippen molar-refractivity contribution in [3.05, 3.63) is 54.0 Å². The number of hydrogen-bond donors (Lipinski definition) is 2. The second kappa shape index (κ2) is 9.26. The van der Waals surface area contributed by atoms with Crippen LogP contribution in [0, 0.1) is 0 Å². The van der Waals surface area contributed by atoms with Gasteiger partial charge in [-0.05, 0) is 50.2 Å². The Kier molecular flexibility index (Phi) is 6.78. The van der Waals surface area contributed by atoms with Gasteiger partial charge in [0, 0.05) is 18.8 Å². The summed E-state index contributed by atoms with van der Waals surface area (Å²) in [5.41, 5.74) is 5.63. The highest BCUT2D eigenvalue weighted by atomic mass is 16.5. The second-order valence-corrected chi connectivity index (χ2v) is 5.27. The van der Waals surface area contributed by atoms with Crippen LogP contribution in [0.5, 0.6) is 0 Å². The molecule has 138 valence electrons. The Bertz CT molecular complexity index is 737. The minimum absolute atomic E-state index is 0.0515. The predicted octanol–water partition coefficient (Wildman–Crippen LogP) is 1.74. The number of furan rings is 1. The summed E-state index contributed by atoms with van der Waals surface area (Å²) in [6, 6.07) is 9.94. The summed E-state index contributed by atoms with van der Waals surface area (Å²) in [6.07, 6.45) is 1.34. The minimum atomic E-state index is -0.669. The van der Waals surface area contributed by atoms with E-state index < -0.39 is 24.4 Å². The van der Waals surface area contributed by atoms with Crippen molar-refractivity contribution in [2.45, 2.75) is 13.8 Å². The van der Waals surface area contributed by atoms with Gasteiger partial charge >= 0.3 is 11.9 Å². The molecular weight excluding hydrogens is 338 g/mol. The van der Waals surface area contributed by atoms with E-state index in [9.17, 15) is 14.4 Å². The molecule has 8 nitrogen and oxygen atoms in total. The molecule has 2 aromatic rings. The van der Waals surface area contributed by atoms with Gasteiger partial charge in [0.15, 0.2) is 12.4 Å². The van der Waals surface area contributed by atoms with Crippen molar-refractivity contribution in [2.24, 2.45) is 0 Å². The number of benzene rings is 1. The van der Waals surface area contributed by atoms with Crippen molar-refractivity contribution in [3.63, 3.8) is 0 Å². The molecule has 0 fully saturated rings. The topological polar surface area (TPSA) is 101 Å². The summed E-state index contributed by atoms with van der Waals surface area (Å²) < 4.78 is 9.80. The monoisotopic (exact) mass is 359 g/mol. The minimum Gasteiger partial charge on any atom is -0.459 e. The molecule has 1 heterocycles. The van der Waals surface area contributed by atoms with Crippen molar-refractivity contribution in [1.82, 2.24) is 10.9 Å². The van der Waals surface area contributed by atoms with Gasteiger partial charge in [0.1, 0.15) is 0 Å². The molecular formula is C18H21N3O5. The average molecular weight is 359 g/mol. The molecule has 0 bridgehead atoms. The summed E-state index contributed by atoms with van der Waals surface area (Å²) in [6.45, 7) is 5.31. The quantitative estimate of drug-likeness (QED) is 0.577. The number of rotatable bonds is 7. The highest BCUT2D eigenvalue weighted by Gasteiger charge is 2.13. The zero-order chi connectivity index (χ0) is 18.9. The number of hydrogen-bond acceptors (Lipinski definition) is 6. The van der Waals surface area contributed by atoms with Gasteiger partial charge in [-0.1, -0.05) is 0 Å². The van der Waals surface area contributed by atoms with Gasteiger partial charge in [-0.3, -0.25) is 20.4 Å². The number of carbonyl (C=O) groups excluding carboxylic acids is 3. The van der Waals surface area contributed by atoms with E-state index in [1.165, 1.54) is 12.3 Å². The molecule has 0 saturated carbocycles. The first-order valence-electron chi connectivity index (χ1n) is 8.20. The Morgan fingerprint density at radius 3 is 2.31 bits per heavy atom. The molecule has 0 aliphatic rings. The molecule has 0 radical (unpaired) electrons. The maximum absolute atomic E-state index is 12.0. The second-order valence-electron chi connectivity index (χ2n) is 5.27. The third kappa shape index (κ3) is 5.10. The number of amides is 2. The van der Waals surface area contributed by atoms with Crippen LogP contribution < -0.4 is 15.8 Å². The lowest BCUT2D eigenvalue weighted by atomic mass is 10.2. The van der Waals surface area contributed by atoms with Crippen LogP contribution in [0.25, 0.3) is 0 Å². The number of esters is 1. The number of nitrogens with one attached hydrogen (secondary N) is 2. The first-order chi connectivity index (χ1) is 12.5. The first kappa shape index (κ1) is 19.0. The molecule has 0 saturated heterocycles. The van der Waals surface area contributed by atoms with Gasteiger partial charge in [-0.2, -0.15) is 0 Å². The lowest BCUT2D eigenvalue weighted by molar-refractivity contribution is -0.125. The SMILES string of the molecule is CCN(CC)c1ccc(C(=O)OCC(=O)NNC(=O)c2ccco2)cc1. The van der Waals surface area contributed by atoms with E-state index >= 15 is 0 Å². The fourth-order valence-corrected chi connectivity index (χ4v) is 2.24. The van der Waals surface area contributed by atoms with Gasteiger partial charge in [-0.15, -0.1) is 0 Å². The number of ether oxygens (including phenoxy) is 1. The predicted molar refractivity (Wildman–Crippen MR) is 94.6 cm³/mol. The first-order valence-corrected chi connectivity index (χ1v) is 8.20. The average Bonchev–Trinajstić information content (AvgIpc) is 3.20. The molecule has 1 aromatic carbocycles. The van der Waals surface area contributed by atoms with Gasteiger partial charge < -0.3 is 14.1 Å². The lowest BCUT2D eigenvalue weighted by Crippen LogP contribution is -2.43. The molecule has 8 heteroatoms. The molecule has 2 amide bonds. The highest BCUT2D eigenvalue weighted by molar-refractivity contribution is 5.94. The third-order valence-corrected chi connectivity index (χ3v) is 3.63.